The Bertz CT molecular complexity index is 1040. The summed E-state index contributed by atoms with van der Waals surface area (Å²) < 4.78 is 0. The molecule has 4 nitrogen and oxygen atoms in total. The highest BCUT2D eigenvalue weighted by Crippen LogP contribution is 2.44. The Morgan fingerprint density at radius 3 is 2.00 bits per heavy atom. The fourth-order valence-corrected chi connectivity index (χ4v) is 4.59. The third-order valence-electron chi connectivity index (χ3n) is 6.20. The molecule has 2 atom stereocenters. The van der Waals surface area contributed by atoms with E-state index in [-0.39, 0.29) is 17.2 Å². The molecule has 0 saturated heterocycles. The van der Waals surface area contributed by atoms with E-state index in [0.29, 0.717) is 13.0 Å². The van der Waals surface area contributed by atoms with Crippen molar-refractivity contribution in [2.24, 2.45) is 5.41 Å². The Labute approximate surface area is 197 Å². The summed E-state index contributed by atoms with van der Waals surface area (Å²) in [6.45, 7) is 7.69. The van der Waals surface area contributed by atoms with E-state index >= 15 is 0 Å². The van der Waals surface area contributed by atoms with Gasteiger partial charge in [0.2, 0.25) is 5.91 Å². The highest BCUT2D eigenvalue weighted by molar-refractivity contribution is 5.96. The minimum Gasteiger partial charge on any atom is -0.390 e. The van der Waals surface area contributed by atoms with Crippen LogP contribution in [0.25, 0.3) is 11.1 Å². The number of carbonyl (C=O) groups is 1. The Hall–Kier alpha value is -2.95. The summed E-state index contributed by atoms with van der Waals surface area (Å²) in [7, 11) is 0. The van der Waals surface area contributed by atoms with E-state index in [0.717, 1.165) is 34.4 Å². The number of aliphatic hydroxyl groups is 1. The molecule has 0 unspecified atom stereocenters. The molecule has 4 heteroatoms. The molecule has 0 heterocycles. The summed E-state index contributed by atoms with van der Waals surface area (Å²) in [5.41, 5.74) is 5.48. The zero-order valence-corrected chi connectivity index (χ0v) is 19.7. The molecule has 0 saturated carbocycles. The Balaban J connectivity index is 1.56. The maximum Gasteiger partial charge on any atom is 0.232 e. The van der Waals surface area contributed by atoms with Crippen LogP contribution in [-0.4, -0.2) is 36.2 Å². The average molecular weight is 443 g/mol. The van der Waals surface area contributed by atoms with Gasteiger partial charge in [-0.25, -0.2) is 0 Å². The molecule has 0 aromatic heterocycles. The van der Waals surface area contributed by atoms with Crippen molar-refractivity contribution >= 4 is 5.91 Å². The number of hydrogen-bond donors (Lipinski definition) is 3. The number of carbonyl (C=O) groups excluding carboxylic acids is 1. The molecule has 33 heavy (non-hydrogen) atoms. The van der Waals surface area contributed by atoms with Gasteiger partial charge in [0.15, 0.2) is 0 Å². The number of rotatable bonds is 8. The van der Waals surface area contributed by atoms with E-state index in [9.17, 15) is 9.90 Å². The molecule has 3 N–H and O–H groups in total. The fourth-order valence-electron chi connectivity index (χ4n) is 4.59. The van der Waals surface area contributed by atoms with Crippen molar-refractivity contribution in [2.75, 3.05) is 13.1 Å². The summed E-state index contributed by atoms with van der Waals surface area (Å²) in [5.74, 6) is -0.436. The minimum atomic E-state index is -0.705. The van der Waals surface area contributed by atoms with Gasteiger partial charge in [0.05, 0.1) is 18.1 Å². The summed E-state index contributed by atoms with van der Waals surface area (Å²) in [5, 5.41) is 17.6. The van der Waals surface area contributed by atoms with E-state index < -0.39 is 12.1 Å². The summed E-state index contributed by atoms with van der Waals surface area (Å²) in [6, 6.07) is 25.8. The fraction of sp³-hybridized carbons (Fsp3) is 0.345. The number of fused-ring (bicyclic) bond motifs is 3. The summed E-state index contributed by atoms with van der Waals surface area (Å²) >= 11 is 0. The second kappa shape index (κ2) is 9.90. The molecule has 3 aromatic carbocycles. The lowest BCUT2D eigenvalue weighted by Crippen LogP contribution is -2.50. The lowest BCUT2D eigenvalue weighted by Gasteiger charge is -2.28. The standard InChI is InChI=1S/C29H34N2O2/c1-29(2,3)19-30-18-26(32)25(17-20-11-5-4-6-12-20)31-28(33)27-23-15-9-7-13-21(23)22-14-8-10-16-24(22)27/h4-16,25-27,30,32H,17-19H2,1-3H3,(H,31,33)/t25-,26+/m0/s1. The van der Waals surface area contributed by atoms with Gasteiger partial charge in [-0.1, -0.05) is 99.6 Å². The molecule has 0 fully saturated rings. The van der Waals surface area contributed by atoms with Crippen LogP contribution >= 0.6 is 0 Å². The number of hydrogen-bond acceptors (Lipinski definition) is 3. The first-order valence-electron chi connectivity index (χ1n) is 11.7. The zero-order chi connectivity index (χ0) is 23.4. The van der Waals surface area contributed by atoms with Crippen molar-refractivity contribution < 1.29 is 9.90 Å². The molecular weight excluding hydrogens is 408 g/mol. The highest BCUT2D eigenvalue weighted by Gasteiger charge is 2.35. The van der Waals surface area contributed by atoms with Crippen molar-refractivity contribution in [1.29, 1.82) is 0 Å². The Morgan fingerprint density at radius 2 is 1.42 bits per heavy atom. The first-order valence-corrected chi connectivity index (χ1v) is 11.7. The van der Waals surface area contributed by atoms with Gasteiger partial charge >= 0.3 is 0 Å². The van der Waals surface area contributed by atoms with Crippen LogP contribution in [0.5, 0.6) is 0 Å². The molecule has 4 rings (SSSR count). The lowest BCUT2D eigenvalue weighted by atomic mass is 9.94. The molecular formula is C29H34N2O2. The van der Waals surface area contributed by atoms with Gasteiger partial charge < -0.3 is 15.7 Å². The molecule has 0 aliphatic heterocycles. The van der Waals surface area contributed by atoms with Crippen LogP contribution in [0.15, 0.2) is 78.9 Å². The van der Waals surface area contributed by atoms with E-state index in [4.69, 9.17) is 0 Å². The van der Waals surface area contributed by atoms with Gasteiger partial charge in [-0.2, -0.15) is 0 Å². The van der Waals surface area contributed by atoms with Crippen molar-refractivity contribution in [3.63, 3.8) is 0 Å². The molecule has 1 aliphatic carbocycles. The summed E-state index contributed by atoms with van der Waals surface area (Å²) in [6.07, 6.45) is -0.135. The van der Waals surface area contributed by atoms with E-state index in [1.165, 1.54) is 0 Å². The largest absolute Gasteiger partial charge is 0.390 e. The quantitative estimate of drug-likeness (QED) is 0.481. The normalized spacial score (nSPS) is 14.9. The average Bonchev–Trinajstić information content (AvgIpc) is 3.13. The van der Waals surface area contributed by atoms with Crippen LogP contribution in [0.3, 0.4) is 0 Å². The molecule has 0 bridgehead atoms. The second-order valence-corrected chi connectivity index (χ2v) is 10.2. The Kier molecular flexibility index (Phi) is 6.96. The lowest BCUT2D eigenvalue weighted by molar-refractivity contribution is -0.123. The molecule has 0 radical (unpaired) electrons. The number of aliphatic hydroxyl groups excluding tert-OH is 1. The number of nitrogens with one attached hydrogen (secondary N) is 2. The molecule has 0 spiro atoms. The van der Waals surface area contributed by atoms with Crippen LogP contribution in [0.4, 0.5) is 0 Å². The monoisotopic (exact) mass is 442 g/mol. The van der Waals surface area contributed by atoms with Gasteiger partial charge in [0.25, 0.3) is 0 Å². The smallest absolute Gasteiger partial charge is 0.232 e. The first kappa shape index (κ1) is 23.2. The number of amides is 1. The Morgan fingerprint density at radius 1 is 0.879 bits per heavy atom. The van der Waals surface area contributed by atoms with Gasteiger partial charge in [-0.05, 0) is 39.7 Å². The molecule has 3 aromatic rings. The third kappa shape index (κ3) is 5.52. The highest BCUT2D eigenvalue weighted by atomic mass is 16.3. The molecule has 1 aliphatic rings. The van der Waals surface area contributed by atoms with Crippen molar-refractivity contribution in [2.45, 2.75) is 45.3 Å². The number of benzene rings is 3. The van der Waals surface area contributed by atoms with E-state index in [1.54, 1.807) is 0 Å². The van der Waals surface area contributed by atoms with Crippen molar-refractivity contribution in [1.82, 2.24) is 10.6 Å². The maximum atomic E-state index is 13.7. The van der Waals surface area contributed by atoms with Crippen LogP contribution in [0.1, 0.15) is 43.4 Å². The van der Waals surface area contributed by atoms with Gasteiger partial charge in [0, 0.05) is 13.1 Å². The zero-order valence-electron chi connectivity index (χ0n) is 19.7. The van der Waals surface area contributed by atoms with Crippen LogP contribution < -0.4 is 10.6 Å². The van der Waals surface area contributed by atoms with Crippen LogP contribution in [-0.2, 0) is 11.2 Å². The van der Waals surface area contributed by atoms with Gasteiger partial charge in [-0.15, -0.1) is 0 Å². The third-order valence-corrected chi connectivity index (χ3v) is 6.20. The van der Waals surface area contributed by atoms with Gasteiger partial charge in [-0.3, -0.25) is 4.79 Å². The van der Waals surface area contributed by atoms with Crippen LogP contribution in [0, 0.1) is 5.41 Å². The van der Waals surface area contributed by atoms with Crippen molar-refractivity contribution in [3.8, 4) is 11.1 Å². The predicted octanol–water partition coefficient (Wildman–Crippen LogP) is 4.52. The topological polar surface area (TPSA) is 61.4 Å². The van der Waals surface area contributed by atoms with E-state index in [2.05, 4.69) is 43.5 Å². The second-order valence-electron chi connectivity index (χ2n) is 10.2. The summed E-state index contributed by atoms with van der Waals surface area (Å²) in [4.78, 5) is 13.7. The first-order chi connectivity index (χ1) is 15.8. The van der Waals surface area contributed by atoms with E-state index in [1.807, 2.05) is 66.7 Å². The van der Waals surface area contributed by atoms with Gasteiger partial charge in [0.1, 0.15) is 0 Å². The predicted molar refractivity (Wildman–Crippen MR) is 134 cm³/mol. The molecule has 1 amide bonds. The van der Waals surface area contributed by atoms with Crippen molar-refractivity contribution in [3.05, 3.63) is 95.6 Å². The maximum absolute atomic E-state index is 13.7. The van der Waals surface area contributed by atoms with Crippen LogP contribution in [0.2, 0.25) is 0 Å². The SMILES string of the molecule is CC(C)(C)CNC[C@@H](O)[C@H](Cc1ccccc1)NC(=O)C1c2ccccc2-c2ccccc21. The molecule has 172 valence electrons. The minimum absolute atomic E-state index is 0.0665.